The van der Waals surface area contributed by atoms with Gasteiger partial charge in [0, 0.05) is 43.0 Å². The van der Waals surface area contributed by atoms with Crippen molar-refractivity contribution >= 4 is 15.7 Å². The molecule has 4 aromatic rings. The van der Waals surface area contributed by atoms with Crippen LogP contribution in [0.1, 0.15) is 27.2 Å². The number of benzene rings is 2. The second-order valence-electron chi connectivity index (χ2n) is 8.68. The van der Waals surface area contributed by atoms with E-state index in [0.29, 0.717) is 22.5 Å². The van der Waals surface area contributed by atoms with Gasteiger partial charge < -0.3 is 5.32 Å². The first kappa shape index (κ1) is 26.9. The molecule has 0 bridgehead atoms. The molecular weight excluding hydrogens is 521 g/mol. The number of carbonyl (C=O) groups excluding carboxylic acids is 1. The van der Waals surface area contributed by atoms with Gasteiger partial charge in [0.2, 0.25) is 0 Å². The maximum absolute atomic E-state index is 13.5. The quantitative estimate of drug-likeness (QED) is 0.397. The van der Waals surface area contributed by atoms with Crippen LogP contribution in [0.3, 0.4) is 0 Å². The number of aromatic nitrogens is 3. The Morgan fingerprint density at radius 1 is 1.03 bits per heavy atom. The van der Waals surface area contributed by atoms with Crippen LogP contribution in [0.15, 0.2) is 76.6 Å². The summed E-state index contributed by atoms with van der Waals surface area (Å²) in [7, 11) is -1.69. The van der Waals surface area contributed by atoms with Crippen LogP contribution >= 0.6 is 0 Å². The average Bonchev–Trinajstić information content (AvgIpc) is 3.27. The lowest BCUT2D eigenvalue weighted by Gasteiger charge is -2.17. The standard InChI is InChI=1S/C26H23F3N4O4S/c1-16-21(23-12-13-31-32(23)2)14-22(24(34)30-15-17-4-10-20(11-5-17)38(3,36)37)25(35)33(16)19-8-6-18(7-9-19)26(27,28)29/h4-14H,15H2,1-3H3,(H,30,34). The first-order chi connectivity index (χ1) is 17.8. The zero-order valence-electron chi connectivity index (χ0n) is 20.6. The number of nitrogens with one attached hydrogen (secondary N) is 1. The molecule has 0 fully saturated rings. The summed E-state index contributed by atoms with van der Waals surface area (Å²) in [5, 5.41) is 6.79. The van der Waals surface area contributed by atoms with Gasteiger partial charge in [-0.05, 0) is 61.0 Å². The monoisotopic (exact) mass is 544 g/mol. The van der Waals surface area contributed by atoms with Gasteiger partial charge in [0.15, 0.2) is 9.84 Å². The molecule has 0 radical (unpaired) electrons. The SMILES string of the molecule is Cc1c(-c2ccnn2C)cc(C(=O)NCc2ccc(S(C)(=O)=O)cc2)c(=O)n1-c1ccc(C(F)(F)F)cc1. The second kappa shape index (κ2) is 9.93. The molecule has 1 N–H and O–H groups in total. The molecule has 4 rings (SSSR count). The molecular formula is C26H23F3N4O4S. The predicted molar refractivity (Wildman–Crippen MR) is 135 cm³/mol. The number of halogens is 3. The van der Waals surface area contributed by atoms with Crippen LogP contribution in [0.25, 0.3) is 16.9 Å². The molecule has 2 heterocycles. The molecule has 0 atom stereocenters. The normalized spacial score (nSPS) is 11.9. The lowest BCUT2D eigenvalue weighted by molar-refractivity contribution is -0.137. The van der Waals surface area contributed by atoms with E-state index < -0.39 is 33.0 Å². The summed E-state index contributed by atoms with van der Waals surface area (Å²) < 4.78 is 65.3. The lowest BCUT2D eigenvalue weighted by Crippen LogP contribution is -2.33. The zero-order chi connectivity index (χ0) is 27.8. The Labute approximate surface area is 216 Å². The van der Waals surface area contributed by atoms with Crippen LogP contribution in [-0.2, 0) is 29.6 Å². The Morgan fingerprint density at radius 2 is 1.66 bits per heavy atom. The van der Waals surface area contributed by atoms with Crippen LogP contribution < -0.4 is 10.9 Å². The highest BCUT2D eigenvalue weighted by Gasteiger charge is 2.30. The maximum atomic E-state index is 13.5. The molecule has 2 aromatic carbocycles. The fourth-order valence-corrected chi connectivity index (χ4v) is 4.64. The third-order valence-electron chi connectivity index (χ3n) is 6.05. The second-order valence-corrected chi connectivity index (χ2v) is 10.7. The molecule has 198 valence electrons. The number of alkyl halides is 3. The van der Waals surface area contributed by atoms with Crippen LogP contribution in [0.2, 0.25) is 0 Å². The number of hydrogen-bond acceptors (Lipinski definition) is 5. The van der Waals surface area contributed by atoms with Gasteiger partial charge in [0.1, 0.15) is 5.56 Å². The summed E-state index contributed by atoms with van der Waals surface area (Å²) >= 11 is 0. The van der Waals surface area contributed by atoms with Crippen molar-refractivity contribution < 1.29 is 26.4 Å². The van der Waals surface area contributed by atoms with E-state index in [1.54, 1.807) is 43.0 Å². The Bertz CT molecular complexity index is 1670. The van der Waals surface area contributed by atoms with Gasteiger partial charge in [-0.1, -0.05) is 12.1 Å². The van der Waals surface area contributed by atoms with E-state index in [4.69, 9.17) is 0 Å². The van der Waals surface area contributed by atoms with Crippen LogP contribution in [0.4, 0.5) is 13.2 Å². The van der Waals surface area contributed by atoms with Crippen LogP contribution in [0.5, 0.6) is 0 Å². The van der Waals surface area contributed by atoms with Crippen molar-refractivity contribution in [1.29, 1.82) is 0 Å². The van der Waals surface area contributed by atoms with E-state index in [1.165, 1.54) is 34.9 Å². The molecule has 0 aliphatic heterocycles. The molecule has 8 nitrogen and oxygen atoms in total. The van der Waals surface area contributed by atoms with Crippen molar-refractivity contribution in [2.24, 2.45) is 7.05 Å². The first-order valence-electron chi connectivity index (χ1n) is 11.3. The van der Waals surface area contributed by atoms with E-state index in [1.807, 2.05) is 0 Å². The summed E-state index contributed by atoms with van der Waals surface area (Å²) in [6.07, 6.45) is -1.91. The van der Waals surface area contributed by atoms with Gasteiger partial charge in [0.05, 0.1) is 16.2 Å². The first-order valence-corrected chi connectivity index (χ1v) is 13.2. The zero-order valence-corrected chi connectivity index (χ0v) is 21.4. The number of carbonyl (C=O) groups is 1. The molecule has 38 heavy (non-hydrogen) atoms. The number of sulfone groups is 1. The Balaban J connectivity index is 1.75. The smallest absolute Gasteiger partial charge is 0.348 e. The molecule has 0 spiro atoms. The number of rotatable bonds is 6. The molecule has 0 unspecified atom stereocenters. The topological polar surface area (TPSA) is 103 Å². The Hall–Kier alpha value is -4.19. The molecule has 1 amide bonds. The number of aryl methyl sites for hydroxylation is 1. The van der Waals surface area contributed by atoms with E-state index in [9.17, 15) is 31.2 Å². The van der Waals surface area contributed by atoms with E-state index >= 15 is 0 Å². The van der Waals surface area contributed by atoms with E-state index in [0.717, 1.165) is 18.4 Å². The highest BCUT2D eigenvalue weighted by molar-refractivity contribution is 7.90. The van der Waals surface area contributed by atoms with Crippen molar-refractivity contribution in [3.05, 3.63) is 99.6 Å². The van der Waals surface area contributed by atoms with Crippen LogP contribution in [0, 0.1) is 6.92 Å². The molecule has 0 saturated carbocycles. The summed E-state index contributed by atoms with van der Waals surface area (Å²) in [5.74, 6) is -0.703. The number of pyridine rings is 1. The minimum absolute atomic E-state index is 0.0114. The highest BCUT2D eigenvalue weighted by atomic mass is 32.2. The Morgan fingerprint density at radius 3 is 2.18 bits per heavy atom. The molecule has 0 aliphatic carbocycles. The fraction of sp³-hybridized carbons (Fsp3) is 0.192. The van der Waals surface area contributed by atoms with Crippen molar-refractivity contribution in [3.8, 4) is 16.9 Å². The van der Waals surface area contributed by atoms with Crippen molar-refractivity contribution in [3.63, 3.8) is 0 Å². The summed E-state index contributed by atoms with van der Waals surface area (Å²) in [4.78, 5) is 26.8. The Kier molecular flexibility index (Phi) is 7.02. The third-order valence-corrected chi connectivity index (χ3v) is 7.17. The summed E-state index contributed by atoms with van der Waals surface area (Å²) in [6.45, 7) is 1.64. The molecule has 0 saturated heterocycles. The van der Waals surface area contributed by atoms with Crippen molar-refractivity contribution in [2.45, 2.75) is 24.5 Å². The molecule has 2 aromatic heterocycles. The van der Waals surface area contributed by atoms with Gasteiger partial charge in [-0.3, -0.25) is 18.8 Å². The van der Waals surface area contributed by atoms with Gasteiger partial charge in [0.25, 0.3) is 11.5 Å². The number of nitrogens with zero attached hydrogens (tertiary/aromatic N) is 3. The maximum Gasteiger partial charge on any atom is 0.416 e. The predicted octanol–water partition coefficient (Wildman–Crippen LogP) is 3.90. The van der Waals surface area contributed by atoms with Crippen molar-refractivity contribution in [2.75, 3.05) is 6.26 Å². The van der Waals surface area contributed by atoms with E-state index in [2.05, 4.69) is 10.4 Å². The molecule has 12 heteroatoms. The minimum atomic E-state index is -4.54. The minimum Gasteiger partial charge on any atom is -0.348 e. The number of hydrogen-bond donors (Lipinski definition) is 1. The van der Waals surface area contributed by atoms with Crippen LogP contribution in [-0.4, -0.2) is 34.9 Å². The summed E-state index contributed by atoms with van der Waals surface area (Å²) in [6, 6.07) is 13.1. The molecule has 0 aliphatic rings. The van der Waals surface area contributed by atoms with Gasteiger partial charge >= 0.3 is 6.18 Å². The average molecular weight is 545 g/mol. The summed E-state index contributed by atoms with van der Waals surface area (Å²) in [5.41, 5.74) is 0.460. The fourth-order valence-electron chi connectivity index (χ4n) is 4.01. The third kappa shape index (κ3) is 5.40. The van der Waals surface area contributed by atoms with Gasteiger partial charge in [-0.2, -0.15) is 18.3 Å². The van der Waals surface area contributed by atoms with Gasteiger partial charge in [-0.25, -0.2) is 8.42 Å². The van der Waals surface area contributed by atoms with Crippen molar-refractivity contribution in [1.82, 2.24) is 19.7 Å². The number of amides is 1. The lowest BCUT2D eigenvalue weighted by atomic mass is 10.1. The largest absolute Gasteiger partial charge is 0.416 e. The highest BCUT2D eigenvalue weighted by Crippen LogP contribution is 2.30. The van der Waals surface area contributed by atoms with Gasteiger partial charge in [-0.15, -0.1) is 0 Å². The van der Waals surface area contributed by atoms with E-state index in [-0.39, 0.29) is 22.7 Å².